The van der Waals surface area contributed by atoms with Crippen LogP contribution in [0.3, 0.4) is 0 Å². The summed E-state index contributed by atoms with van der Waals surface area (Å²) in [4.78, 5) is 16.5. The van der Waals surface area contributed by atoms with Crippen LogP contribution >= 0.6 is 22.9 Å². The van der Waals surface area contributed by atoms with Gasteiger partial charge in [0.25, 0.3) is 0 Å². The zero-order chi connectivity index (χ0) is 16.1. The molecule has 2 N–H and O–H groups in total. The second-order valence-corrected chi connectivity index (χ2v) is 6.16. The SMILES string of the molecule is O=C(Cc1csc(Nc2ccccc2)n1)Nc1cccc(Cl)c1. The van der Waals surface area contributed by atoms with E-state index in [0.29, 0.717) is 10.7 Å². The van der Waals surface area contributed by atoms with Crippen LogP contribution in [0.5, 0.6) is 0 Å². The first-order chi connectivity index (χ1) is 11.2. The Labute approximate surface area is 143 Å². The van der Waals surface area contributed by atoms with E-state index in [1.807, 2.05) is 35.7 Å². The molecule has 0 aliphatic carbocycles. The Morgan fingerprint density at radius 1 is 1.09 bits per heavy atom. The maximum absolute atomic E-state index is 12.1. The zero-order valence-corrected chi connectivity index (χ0v) is 13.7. The first-order valence-electron chi connectivity index (χ1n) is 7.01. The number of aromatic nitrogens is 1. The quantitative estimate of drug-likeness (QED) is 0.704. The van der Waals surface area contributed by atoms with Gasteiger partial charge in [0, 0.05) is 21.8 Å². The summed E-state index contributed by atoms with van der Waals surface area (Å²) in [6.45, 7) is 0. The number of rotatable bonds is 5. The molecule has 2 aromatic carbocycles. The summed E-state index contributed by atoms with van der Waals surface area (Å²) in [6, 6.07) is 16.9. The van der Waals surface area contributed by atoms with Crippen molar-refractivity contribution in [2.75, 3.05) is 10.6 Å². The van der Waals surface area contributed by atoms with Gasteiger partial charge < -0.3 is 10.6 Å². The number of amides is 1. The maximum Gasteiger partial charge on any atom is 0.230 e. The third kappa shape index (κ3) is 4.55. The van der Waals surface area contributed by atoms with E-state index in [1.165, 1.54) is 11.3 Å². The summed E-state index contributed by atoms with van der Waals surface area (Å²) >= 11 is 7.37. The molecule has 0 saturated carbocycles. The lowest BCUT2D eigenvalue weighted by Gasteiger charge is -2.04. The molecule has 1 amide bonds. The van der Waals surface area contributed by atoms with Crippen LogP contribution in [0, 0.1) is 0 Å². The van der Waals surface area contributed by atoms with Gasteiger partial charge in [0.05, 0.1) is 12.1 Å². The molecule has 3 rings (SSSR count). The molecule has 6 heteroatoms. The van der Waals surface area contributed by atoms with Gasteiger partial charge in [0.15, 0.2) is 5.13 Å². The van der Waals surface area contributed by atoms with Crippen molar-refractivity contribution >= 4 is 45.4 Å². The normalized spacial score (nSPS) is 10.3. The number of thiazole rings is 1. The van der Waals surface area contributed by atoms with Gasteiger partial charge in [-0.2, -0.15) is 0 Å². The summed E-state index contributed by atoms with van der Waals surface area (Å²) in [5.41, 5.74) is 2.38. The number of carbonyl (C=O) groups excluding carboxylic acids is 1. The minimum atomic E-state index is -0.121. The number of benzene rings is 2. The van der Waals surface area contributed by atoms with E-state index in [1.54, 1.807) is 24.3 Å². The smallest absolute Gasteiger partial charge is 0.230 e. The number of para-hydroxylation sites is 1. The summed E-state index contributed by atoms with van der Waals surface area (Å²) in [6.07, 6.45) is 0.222. The fourth-order valence-corrected chi connectivity index (χ4v) is 2.95. The summed E-state index contributed by atoms with van der Waals surface area (Å²) in [5.74, 6) is -0.121. The average molecular weight is 344 g/mol. The maximum atomic E-state index is 12.1. The van der Waals surface area contributed by atoms with E-state index in [0.717, 1.165) is 16.5 Å². The molecular formula is C17H14ClN3OS. The molecule has 0 fully saturated rings. The number of nitrogens with zero attached hydrogens (tertiary/aromatic N) is 1. The van der Waals surface area contributed by atoms with E-state index in [9.17, 15) is 4.79 Å². The third-order valence-corrected chi connectivity index (χ3v) is 4.07. The number of halogens is 1. The van der Waals surface area contributed by atoms with Gasteiger partial charge in [-0.05, 0) is 30.3 Å². The van der Waals surface area contributed by atoms with E-state index >= 15 is 0 Å². The molecule has 0 bridgehead atoms. The van der Waals surface area contributed by atoms with Crippen LogP contribution in [0.4, 0.5) is 16.5 Å². The predicted octanol–water partition coefficient (Wildman–Crippen LogP) is 4.72. The molecule has 0 spiro atoms. The molecule has 116 valence electrons. The molecule has 0 radical (unpaired) electrons. The lowest BCUT2D eigenvalue weighted by Crippen LogP contribution is -2.14. The molecule has 23 heavy (non-hydrogen) atoms. The first-order valence-corrected chi connectivity index (χ1v) is 8.27. The number of hydrogen-bond acceptors (Lipinski definition) is 4. The molecule has 0 aliphatic rings. The van der Waals surface area contributed by atoms with Gasteiger partial charge in [-0.3, -0.25) is 4.79 Å². The van der Waals surface area contributed by atoms with Crippen LogP contribution in [0.2, 0.25) is 5.02 Å². The highest BCUT2D eigenvalue weighted by molar-refractivity contribution is 7.13. The zero-order valence-electron chi connectivity index (χ0n) is 12.1. The van der Waals surface area contributed by atoms with Crippen LogP contribution in [0.1, 0.15) is 5.69 Å². The molecule has 4 nitrogen and oxygen atoms in total. The molecular weight excluding hydrogens is 330 g/mol. The molecule has 0 aliphatic heterocycles. The Morgan fingerprint density at radius 3 is 2.65 bits per heavy atom. The van der Waals surface area contributed by atoms with Crippen molar-refractivity contribution in [2.45, 2.75) is 6.42 Å². The summed E-state index contributed by atoms with van der Waals surface area (Å²) in [5, 5.41) is 9.26. The summed E-state index contributed by atoms with van der Waals surface area (Å²) < 4.78 is 0. The van der Waals surface area contributed by atoms with Crippen LogP contribution in [-0.4, -0.2) is 10.9 Å². The Hall–Kier alpha value is -2.37. The van der Waals surface area contributed by atoms with Crippen molar-refractivity contribution < 1.29 is 4.79 Å². The van der Waals surface area contributed by atoms with Gasteiger partial charge in [0.1, 0.15) is 0 Å². The highest BCUT2D eigenvalue weighted by Crippen LogP contribution is 2.21. The van der Waals surface area contributed by atoms with Gasteiger partial charge in [0.2, 0.25) is 5.91 Å². The van der Waals surface area contributed by atoms with E-state index in [4.69, 9.17) is 11.6 Å². The molecule has 0 atom stereocenters. The van der Waals surface area contributed by atoms with Crippen molar-refractivity contribution in [3.63, 3.8) is 0 Å². The van der Waals surface area contributed by atoms with E-state index < -0.39 is 0 Å². The third-order valence-electron chi connectivity index (χ3n) is 3.03. The molecule has 0 saturated heterocycles. The van der Waals surface area contributed by atoms with Crippen molar-refractivity contribution in [2.24, 2.45) is 0 Å². The number of nitrogens with one attached hydrogen (secondary N) is 2. The van der Waals surface area contributed by atoms with Gasteiger partial charge in [-0.25, -0.2) is 4.98 Å². The van der Waals surface area contributed by atoms with Crippen LogP contribution < -0.4 is 10.6 Å². The number of hydrogen-bond donors (Lipinski definition) is 2. The van der Waals surface area contributed by atoms with Crippen molar-refractivity contribution in [3.05, 3.63) is 70.7 Å². The highest BCUT2D eigenvalue weighted by atomic mass is 35.5. The van der Waals surface area contributed by atoms with E-state index in [2.05, 4.69) is 15.6 Å². The average Bonchev–Trinajstić information content (AvgIpc) is 2.95. The van der Waals surface area contributed by atoms with Gasteiger partial charge in [-0.1, -0.05) is 35.9 Å². The second-order valence-electron chi connectivity index (χ2n) is 4.87. The number of carbonyl (C=O) groups is 1. The standard InChI is InChI=1S/C17H14ClN3OS/c18-12-5-4-8-14(9-12)19-16(22)10-15-11-23-17(21-15)20-13-6-2-1-3-7-13/h1-9,11H,10H2,(H,19,22)(H,20,21). The van der Waals surface area contributed by atoms with Crippen molar-refractivity contribution in [1.29, 1.82) is 0 Å². The Balaban J connectivity index is 1.59. The monoisotopic (exact) mass is 343 g/mol. The topological polar surface area (TPSA) is 54.0 Å². The molecule has 3 aromatic rings. The minimum absolute atomic E-state index is 0.121. The van der Waals surface area contributed by atoms with Gasteiger partial charge in [-0.15, -0.1) is 11.3 Å². The van der Waals surface area contributed by atoms with Gasteiger partial charge >= 0.3 is 0 Å². The van der Waals surface area contributed by atoms with Crippen molar-refractivity contribution in [1.82, 2.24) is 4.98 Å². The predicted molar refractivity (Wildman–Crippen MR) is 95.6 cm³/mol. The fourth-order valence-electron chi connectivity index (χ4n) is 2.03. The molecule has 1 heterocycles. The molecule has 0 unspecified atom stereocenters. The Kier molecular flexibility index (Phi) is 4.90. The summed E-state index contributed by atoms with van der Waals surface area (Å²) in [7, 11) is 0. The Bertz CT molecular complexity index is 804. The highest BCUT2D eigenvalue weighted by Gasteiger charge is 2.08. The minimum Gasteiger partial charge on any atom is -0.332 e. The number of anilines is 3. The molecule has 1 aromatic heterocycles. The van der Waals surface area contributed by atoms with E-state index in [-0.39, 0.29) is 12.3 Å². The van der Waals surface area contributed by atoms with Crippen molar-refractivity contribution in [3.8, 4) is 0 Å². The Morgan fingerprint density at radius 2 is 1.87 bits per heavy atom. The van der Waals surface area contributed by atoms with Crippen LogP contribution in [0.15, 0.2) is 60.0 Å². The lowest BCUT2D eigenvalue weighted by molar-refractivity contribution is -0.115. The lowest BCUT2D eigenvalue weighted by atomic mass is 10.3. The van der Waals surface area contributed by atoms with Crippen LogP contribution in [-0.2, 0) is 11.2 Å². The first kappa shape index (κ1) is 15.5. The van der Waals surface area contributed by atoms with Crippen LogP contribution in [0.25, 0.3) is 0 Å². The fraction of sp³-hybridized carbons (Fsp3) is 0.0588. The largest absolute Gasteiger partial charge is 0.332 e. The second kappa shape index (κ2) is 7.26.